The predicted octanol–water partition coefficient (Wildman–Crippen LogP) is 2.97. The number of anilines is 1. The average molecular weight is 348 g/mol. The Labute approximate surface area is 151 Å². The van der Waals surface area contributed by atoms with Crippen molar-refractivity contribution < 1.29 is 14.6 Å². The van der Waals surface area contributed by atoms with E-state index in [9.17, 15) is 9.90 Å². The molecule has 3 N–H and O–H groups in total. The molecule has 0 bridgehead atoms. The van der Waals surface area contributed by atoms with Gasteiger partial charge >= 0.3 is 0 Å². The van der Waals surface area contributed by atoms with Crippen LogP contribution in [0.4, 0.5) is 5.69 Å². The number of aliphatic hydroxyl groups excluding tert-OH is 1. The highest BCUT2D eigenvalue weighted by Gasteiger charge is 2.23. The van der Waals surface area contributed by atoms with Crippen molar-refractivity contribution in [3.63, 3.8) is 0 Å². The molecule has 2 rings (SSSR count). The van der Waals surface area contributed by atoms with Crippen molar-refractivity contribution in [3.05, 3.63) is 29.3 Å². The first-order chi connectivity index (χ1) is 11.9. The van der Waals surface area contributed by atoms with Crippen molar-refractivity contribution in [1.29, 1.82) is 0 Å². The summed E-state index contributed by atoms with van der Waals surface area (Å²) in [5.74, 6) is 0.575. The number of carbonyl (C=O) groups is 1. The lowest BCUT2D eigenvalue weighted by molar-refractivity contribution is 0.00873. The second kappa shape index (κ2) is 9.20. The Morgan fingerprint density at radius 3 is 2.60 bits per heavy atom. The molecule has 1 aliphatic heterocycles. The molecule has 5 heteroatoms. The van der Waals surface area contributed by atoms with Gasteiger partial charge in [-0.25, -0.2) is 0 Å². The first kappa shape index (κ1) is 19.7. The summed E-state index contributed by atoms with van der Waals surface area (Å²) >= 11 is 0. The monoisotopic (exact) mass is 348 g/mol. The van der Waals surface area contributed by atoms with Crippen molar-refractivity contribution in [2.24, 2.45) is 11.8 Å². The van der Waals surface area contributed by atoms with Gasteiger partial charge in [-0.1, -0.05) is 19.9 Å². The molecule has 1 fully saturated rings. The van der Waals surface area contributed by atoms with Crippen LogP contribution in [0.25, 0.3) is 0 Å². The molecule has 25 heavy (non-hydrogen) atoms. The summed E-state index contributed by atoms with van der Waals surface area (Å²) in [7, 11) is 0. The molecule has 1 amide bonds. The highest BCUT2D eigenvalue weighted by atomic mass is 16.5. The van der Waals surface area contributed by atoms with Gasteiger partial charge in [0.2, 0.25) is 0 Å². The van der Waals surface area contributed by atoms with Crippen molar-refractivity contribution in [3.8, 4) is 0 Å². The van der Waals surface area contributed by atoms with Gasteiger partial charge in [-0.15, -0.1) is 0 Å². The molecule has 1 aromatic carbocycles. The minimum Gasteiger partial charge on any atom is -0.391 e. The molecular weight excluding hydrogens is 316 g/mol. The Hall–Kier alpha value is -1.59. The second-order valence-electron chi connectivity index (χ2n) is 7.38. The molecule has 140 valence electrons. The Balaban J connectivity index is 1.96. The van der Waals surface area contributed by atoms with E-state index in [0.717, 1.165) is 24.1 Å². The molecule has 0 radical (unpaired) electrons. The van der Waals surface area contributed by atoms with Gasteiger partial charge in [0, 0.05) is 37.1 Å². The van der Waals surface area contributed by atoms with Gasteiger partial charge in [0.15, 0.2) is 0 Å². The minimum absolute atomic E-state index is 0.135. The number of benzene rings is 1. The summed E-state index contributed by atoms with van der Waals surface area (Å²) in [4.78, 5) is 12.5. The highest BCUT2D eigenvalue weighted by molar-refractivity contribution is 5.97. The second-order valence-corrected chi connectivity index (χ2v) is 7.38. The zero-order valence-electron chi connectivity index (χ0n) is 15.8. The number of hydrogen-bond acceptors (Lipinski definition) is 4. The van der Waals surface area contributed by atoms with Crippen molar-refractivity contribution >= 4 is 11.6 Å². The van der Waals surface area contributed by atoms with Crippen molar-refractivity contribution in [1.82, 2.24) is 5.32 Å². The van der Waals surface area contributed by atoms with Crippen LogP contribution in [0.1, 0.15) is 49.5 Å². The highest BCUT2D eigenvalue weighted by Crippen LogP contribution is 2.22. The molecule has 1 aromatic rings. The first-order valence-electron chi connectivity index (χ1n) is 9.30. The van der Waals surface area contributed by atoms with Gasteiger partial charge in [0.25, 0.3) is 5.91 Å². The summed E-state index contributed by atoms with van der Waals surface area (Å²) in [6.07, 6.45) is 1.18. The fourth-order valence-electron chi connectivity index (χ4n) is 3.01. The first-order valence-corrected chi connectivity index (χ1v) is 9.30. The SMILES string of the molecule is Cc1c(N[C@H](C)C(C)C)cccc1C(=O)NC[C@H](O)C1CCOCC1. The van der Waals surface area contributed by atoms with Crippen LogP contribution in [0.3, 0.4) is 0 Å². The topological polar surface area (TPSA) is 70.6 Å². The normalized spacial score (nSPS) is 18.0. The van der Waals surface area contributed by atoms with E-state index in [4.69, 9.17) is 4.74 Å². The van der Waals surface area contributed by atoms with Crippen LogP contribution in [0.15, 0.2) is 18.2 Å². The zero-order chi connectivity index (χ0) is 18.4. The van der Waals surface area contributed by atoms with Crippen LogP contribution in [0.5, 0.6) is 0 Å². The van der Waals surface area contributed by atoms with E-state index in [1.807, 2.05) is 25.1 Å². The zero-order valence-corrected chi connectivity index (χ0v) is 15.8. The van der Waals surface area contributed by atoms with Gasteiger partial charge < -0.3 is 20.5 Å². The Bertz CT molecular complexity index is 568. The largest absolute Gasteiger partial charge is 0.391 e. The Kier molecular flexibility index (Phi) is 7.26. The summed E-state index contributed by atoms with van der Waals surface area (Å²) < 4.78 is 5.32. The van der Waals surface area contributed by atoms with Crippen LogP contribution in [0.2, 0.25) is 0 Å². The maximum absolute atomic E-state index is 12.5. The average Bonchev–Trinajstić information content (AvgIpc) is 2.61. The number of hydrogen-bond donors (Lipinski definition) is 3. The summed E-state index contributed by atoms with van der Waals surface area (Å²) in [5.41, 5.74) is 2.58. The molecule has 1 heterocycles. The molecule has 0 aromatic heterocycles. The molecule has 2 atom stereocenters. The fourth-order valence-corrected chi connectivity index (χ4v) is 3.01. The van der Waals surface area contributed by atoms with E-state index in [2.05, 4.69) is 31.4 Å². The number of rotatable bonds is 7. The molecule has 5 nitrogen and oxygen atoms in total. The number of amides is 1. The Morgan fingerprint density at radius 1 is 1.28 bits per heavy atom. The van der Waals surface area contributed by atoms with Crippen LogP contribution >= 0.6 is 0 Å². The summed E-state index contributed by atoms with van der Waals surface area (Å²) in [6, 6.07) is 6.05. The third-order valence-electron chi connectivity index (χ3n) is 5.24. The maximum Gasteiger partial charge on any atom is 0.251 e. The fraction of sp³-hybridized carbons (Fsp3) is 0.650. The Morgan fingerprint density at radius 2 is 1.96 bits per heavy atom. The lowest BCUT2D eigenvalue weighted by Gasteiger charge is -2.27. The number of ether oxygens (including phenoxy) is 1. The lowest BCUT2D eigenvalue weighted by atomic mass is 9.94. The third kappa shape index (κ3) is 5.44. The number of nitrogens with one attached hydrogen (secondary N) is 2. The van der Waals surface area contributed by atoms with Crippen molar-refractivity contribution in [2.75, 3.05) is 25.1 Å². The number of carbonyl (C=O) groups excluding carboxylic acids is 1. The van der Waals surface area contributed by atoms with Crippen LogP contribution in [-0.4, -0.2) is 42.9 Å². The van der Waals surface area contributed by atoms with E-state index < -0.39 is 6.10 Å². The molecular formula is C20H32N2O3. The van der Waals surface area contributed by atoms with Crippen LogP contribution < -0.4 is 10.6 Å². The van der Waals surface area contributed by atoms with Crippen LogP contribution in [0, 0.1) is 18.8 Å². The summed E-state index contributed by atoms with van der Waals surface area (Å²) in [6.45, 7) is 10.1. The maximum atomic E-state index is 12.5. The standard InChI is InChI=1S/C20H32N2O3/c1-13(2)15(4)22-18-7-5-6-17(14(18)3)20(24)21-12-19(23)16-8-10-25-11-9-16/h5-7,13,15-16,19,22-23H,8-12H2,1-4H3,(H,21,24)/t15-,19+/m1/s1. The van der Waals surface area contributed by atoms with Crippen LogP contribution in [-0.2, 0) is 4.74 Å². The molecule has 0 spiro atoms. The van der Waals surface area contributed by atoms with Crippen molar-refractivity contribution in [2.45, 2.75) is 52.7 Å². The summed E-state index contributed by atoms with van der Waals surface area (Å²) in [5, 5.41) is 16.7. The molecule has 1 aliphatic rings. The van der Waals surface area contributed by atoms with Gasteiger partial charge in [0.05, 0.1) is 6.10 Å². The smallest absolute Gasteiger partial charge is 0.251 e. The van der Waals surface area contributed by atoms with Gasteiger partial charge in [-0.2, -0.15) is 0 Å². The number of aliphatic hydroxyl groups is 1. The van der Waals surface area contributed by atoms with E-state index >= 15 is 0 Å². The minimum atomic E-state index is -0.518. The van der Waals surface area contributed by atoms with E-state index in [0.29, 0.717) is 30.7 Å². The lowest BCUT2D eigenvalue weighted by Crippen LogP contribution is -2.38. The van der Waals surface area contributed by atoms with E-state index in [-0.39, 0.29) is 18.4 Å². The molecule has 1 saturated heterocycles. The quantitative estimate of drug-likeness (QED) is 0.708. The van der Waals surface area contributed by atoms with E-state index in [1.165, 1.54) is 0 Å². The van der Waals surface area contributed by atoms with Gasteiger partial charge in [-0.3, -0.25) is 4.79 Å². The van der Waals surface area contributed by atoms with Gasteiger partial charge in [0.1, 0.15) is 0 Å². The molecule has 0 saturated carbocycles. The van der Waals surface area contributed by atoms with Gasteiger partial charge in [-0.05, 0) is 56.2 Å². The van der Waals surface area contributed by atoms with E-state index in [1.54, 1.807) is 0 Å². The molecule has 0 aliphatic carbocycles. The predicted molar refractivity (Wildman–Crippen MR) is 101 cm³/mol. The third-order valence-corrected chi connectivity index (χ3v) is 5.24. The molecule has 0 unspecified atom stereocenters.